The zero-order chi connectivity index (χ0) is 12.1. The average Bonchev–Trinajstić information content (AvgIpc) is 2.38. The number of hydrogen-bond donors (Lipinski definition) is 0. The van der Waals surface area contributed by atoms with Crippen molar-refractivity contribution in [3.05, 3.63) is 60.4 Å². The lowest BCUT2D eigenvalue weighted by Gasteiger charge is -2.11. The molecule has 2 nitrogen and oxygen atoms in total. The predicted octanol–water partition coefficient (Wildman–Crippen LogP) is -0.328. The van der Waals surface area contributed by atoms with E-state index in [0.717, 1.165) is 0 Å². The Balaban J connectivity index is 0.00000162. The number of pyridine rings is 1. The van der Waals surface area contributed by atoms with Crippen molar-refractivity contribution >= 4 is 18.0 Å². The van der Waals surface area contributed by atoms with Crippen molar-refractivity contribution in [1.82, 2.24) is 0 Å². The third-order valence-electron chi connectivity index (χ3n) is 2.59. The molecule has 0 saturated carbocycles. The first-order chi connectivity index (χ1) is 8.25. The summed E-state index contributed by atoms with van der Waals surface area (Å²) in [6.45, 7) is 0. The maximum Gasteiger partial charge on any atom is 0.175 e. The van der Waals surface area contributed by atoms with Crippen LogP contribution in [0.25, 0.3) is 12.3 Å². The number of anilines is 1. The summed E-state index contributed by atoms with van der Waals surface area (Å²) in [5.41, 5.74) is 2.42. The fourth-order valence-electron chi connectivity index (χ4n) is 1.57. The Morgan fingerprint density at radius 2 is 1.56 bits per heavy atom. The number of benzene rings is 1. The lowest BCUT2D eigenvalue weighted by Crippen LogP contribution is -3.00. The molecule has 2 rings (SSSR count). The number of aromatic nitrogens is 1. The van der Waals surface area contributed by atoms with Gasteiger partial charge in [-0.2, -0.15) is 4.57 Å². The van der Waals surface area contributed by atoms with Crippen molar-refractivity contribution < 1.29 is 28.5 Å². The van der Waals surface area contributed by atoms with E-state index in [0.29, 0.717) is 0 Å². The first kappa shape index (κ1) is 14.7. The highest BCUT2D eigenvalue weighted by molar-refractivity contribution is 5.60. The number of nitrogens with zero attached hydrogens (tertiary/aromatic N) is 2. The normalized spacial score (nSPS) is 10.1. The van der Waals surface area contributed by atoms with Crippen LogP contribution in [0.3, 0.4) is 0 Å². The van der Waals surface area contributed by atoms with Gasteiger partial charge in [0, 0.05) is 38.0 Å². The topological polar surface area (TPSA) is 7.12 Å². The van der Waals surface area contributed by atoms with Gasteiger partial charge >= 0.3 is 0 Å². The lowest BCUT2D eigenvalue weighted by molar-refractivity contribution is -0.567. The Morgan fingerprint density at radius 1 is 0.944 bits per heavy atom. The maximum absolute atomic E-state index is 2.12. The number of hydrogen-bond acceptors (Lipinski definition) is 1. The SMILES string of the molecule is CN(C)c1ccc(C=C[n+]2ccccc2)cc1.[I-]. The van der Waals surface area contributed by atoms with E-state index in [-0.39, 0.29) is 24.0 Å². The van der Waals surface area contributed by atoms with Crippen LogP contribution in [0.2, 0.25) is 0 Å². The molecule has 0 atom stereocenters. The highest BCUT2D eigenvalue weighted by Crippen LogP contribution is 2.12. The molecule has 0 aliphatic carbocycles. The van der Waals surface area contributed by atoms with Gasteiger partial charge in [0.1, 0.15) is 0 Å². The minimum atomic E-state index is 0. The molecule has 0 spiro atoms. The molecule has 0 fully saturated rings. The van der Waals surface area contributed by atoms with Crippen molar-refractivity contribution in [2.24, 2.45) is 0 Å². The first-order valence-electron chi connectivity index (χ1n) is 5.67. The molecule has 0 amide bonds. The number of rotatable bonds is 3. The largest absolute Gasteiger partial charge is 1.00 e. The Kier molecular flexibility index (Phi) is 5.85. The van der Waals surface area contributed by atoms with E-state index in [1.807, 2.05) is 55.5 Å². The molecular weight excluding hydrogens is 335 g/mol. The lowest BCUT2D eigenvalue weighted by atomic mass is 10.2. The predicted molar refractivity (Wildman–Crippen MR) is 72.6 cm³/mol. The molecule has 0 radical (unpaired) electrons. The second-order valence-corrected chi connectivity index (χ2v) is 4.12. The van der Waals surface area contributed by atoms with Crippen LogP contribution in [0.4, 0.5) is 5.69 Å². The minimum Gasteiger partial charge on any atom is -1.00 e. The van der Waals surface area contributed by atoms with Crippen molar-refractivity contribution in [1.29, 1.82) is 0 Å². The fraction of sp³-hybridized carbons (Fsp3) is 0.133. The Morgan fingerprint density at radius 3 is 2.11 bits per heavy atom. The summed E-state index contributed by atoms with van der Waals surface area (Å²) in [6, 6.07) is 14.5. The summed E-state index contributed by atoms with van der Waals surface area (Å²) in [4.78, 5) is 2.10. The van der Waals surface area contributed by atoms with Crippen molar-refractivity contribution in [3.8, 4) is 0 Å². The first-order valence-corrected chi connectivity index (χ1v) is 5.67. The van der Waals surface area contributed by atoms with E-state index in [1.165, 1.54) is 11.3 Å². The molecule has 3 heteroatoms. The molecule has 0 bridgehead atoms. The quantitative estimate of drug-likeness (QED) is 0.542. The average molecular weight is 352 g/mol. The minimum absolute atomic E-state index is 0. The maximum atomic E-state index is 2.12. The van der Waals surface area contributed by atoms with E-state index in [4.69, 9.17) is 0 Å². The standard InChI is InChI=1S/C15H17N2.HI/c1-16(2)15-8-6-14(7-9-15)10-13-17-11-4-3-5-12-17;/h3-13H,1-2H3;1H/q+1;/p-1. The molecule has 1 aromatic heterocycles. The van der Waals surface area contributed by atoms with Gasteiger partial charge in [-0.3, -0.25) is 0 Å². The van der Waals surface area contributed by atoms with Crippen LogP contribution in [0.1, 0.15) is 5.56 Å². The zero-order valence-electron chi connectivity index (χ0n) is 10.6. The van der Waals surface area contributed by atoms with Crippen molar-refractivity contribution in [3.63, 3.8) is 0 Å². The van der Waals surface area contributed by atoms with Gasteiger partial charge in [0.15, 0.2) is 18.6 Å². The van der Waals surface area contributed by atoms with E-state index in [1.54, 1.807) is 0 Å². The van der Waals surface area contributed by atoms with Gasteiger partial charge in [-0.15, -0.1) is 0 Å². The highest BCUT2D eigenvalue weighted by atomic mass is 127. The second-order valence-electron chi connectivity index (χ2n) is 4.12. The smallest absolute Gasteiger partial charge is 0.175 e. The molecule has 0 aliphatic rings. The van der Waals surface area contributed by atoms with Gasteiger partial charge < -0.3 is 28.9 Å². The summed E-state index contributed by atoms with van der Waals surface area (Å²) >= 11 is 0. The second kappa shape index (κ2) is 7.16. The van der Waals surface area contributed by atoms with Crippen LogP contribution in [-0.2, 0) is 0 Å². The molecule has 18 heavy (non-hydrogen) atoms. The van der Waals surface area contributed by atoms with Crippen LogP contribution in [-0.4, -0.2) is 14.1 Å². The zero-order valence-corrected chi connectivity index (χ0v) is 12.8. The fourth-order valence-corrected chi connectivity index (χ4v) is 1.57. The van der Waals surface area contributed by atoms with Crippen LogP contribution in [0.15, 0.2) is 54.9 Å². The molecule has 1 heterocycles. The van der Waals surface area contributed by atoms with Crippen molar-refractivity contribution in [2.75, 3.05) is 19.0 Å². The van der Waals surface area contributed by atoms with Gasteiger partial charge in [0.25, 0.3) is 0 Å². The van der Waals surface area contributed by atoms with Gasteiger partial charge in [-0.05, 0) is 17.7 Å². The highest BCUT2D eigenvalue weighted by Gasteiger charge is 1.95. The Bertz CT molecular complexity index is 490. The number of halogens is 1. The molecule has 0 N–H and O–H groups in total. The van der Waals surface area contributed by atoms with E-state index < -0.39 is 0 Å². The van der Waals surface area contributed by atoms with Gasteiger partial charge in [-0.1, -0.05) is 18.2 Å². The molecule has 1 aromatic carbocycles. The van der Waals surface area contributed by atoms with E-state index in [9.17, 15) is 0 Å². The molecular formula is C15H17IN2. The molecule has 0 aliphatic heterocycles. The summed E-state index contributed by atoms with van der Waals surface area (Å²) < 4.78 is 2.03. The Hall–Kier alpha value is -1.36. The van der Waals surface area contributed by atoms with Gasteiger partial charge in [0.2, 0.25) is 0 Å². The Labute approximate surface area is 126 Å². The molecule has 0 unspecified atom stereocenters. The summed E-state index contributed by atoms with van der Waals surface area (Å²) in [5.74, 6) is 0. The summed E-state index contributed by atoms with van der Waals surface area (Å²) in [5, 5.41) is 0. The van der Waals surface area contributed by atoms with Crippen LogP contribution < -0.4 is 33.4 Å². The van der Waals surface area contributed by atoms with Crippen LogP contribution >= 0.6 is 0 Å². The third-order valence-corrected chi connectivity index (χ3v) is 2.59. The van der Waals surface area contributed by atoms with Crippen LogP contribution in [0.5, 0.6) is 0 Å². The van der Waals surface area contributed by atoms with Gasteiger partial charge in [0.05, 0.1) is 0 Å². The van der Waals surface area contributed by atoms with E-state index in [2.05, 4.69) is 35.2 Å². The molecule has 94 valence electrons. The molecule has 2 aromatic rings. The summed E-state index contributed by atoms with van der Waals surface area (Å²) in [6.07, 6.45) is 8.18. The van der Waals surface area contributed by atoms with Gasteiger partial charge in [-0.25, -0.2) is 0 Å². The third kappa shape index (κ3) is 4.14. The van der Waals surface area contributed by atoms with Crippen molar-refractivity contribution in [2.45, 2.75) is 0 Å². The van der Waals surface area contributed by atoms with E-state index >= 15 is 0 Å². The molecule has 0 saturated heterocycles. The van der Waals surface area contributed by atoms with Crippen LogP contribution in [0, 0.1) is 0 Å². The summed E-state index contributed by atoms with van der Waals surface area (Å²) in [7, 11) is 4.09. The monoisotopic (exact) mass is 352 g/mol.